The van der Waals surface area contributed by atoms with Crippen LogP contribution in [0, 0.1) is 23.7 Å². The van der Waals surface area contributed by atoms with Gasteiger partial charge in [0.2, 0.25) is 0 Å². The number of aliphatic hydroxyl groups excluding tert-OH is 1. The maximum atomic E-state index is 13.0. The quantitative estimate of drug-likeness (QED) is 0.0222. The normalized spacial score (nSPS) is 14.5. The third-order valence-corrected chi connectivity index (χ3v) is 18.8. The van der Waals surface area contributed by atoms with Gasteiger partial charge in [-0.25, -0.2) is 9.13 Å². The lowest BCUT2D eigenvalue weighted by Crippen LogP contribution is -2.30. The van der Waals surface area contributed by atoms with Crippen molar-refractivity contribution in [2.75, 3.05) is 39.6 Å². The first kappa shape index (κ1) is 89.1. The van der Waals surface area contributed by atoms with Crippen molar-refractivity contribution in [3.63, 3.8) is 0 Å². The summed E-state index contributed by atoms with van der Waals surface area (Å²) in [5.41, 5.74) is 0. The molecule has 0 spiro atoms. The lowest BCUT2D eigenvalue weighted by atomic mass is 9.99. The third-order valence-electron chi connectivity index (χ3n) is 16.9. The minimum Gasteiger partial charge on any atom is -0.462 e. The summed E-state index contributed by atoms with van der Waals surface area (Å²) in [6, 6.07) is 0. The first-order chi connectivity index (χ1) is 43.6. The van der Waals surface area contributed by atoms with Crippen LogP contribution >= 0.6 is 15.6 Å². The van der Waals surface area contributed by atoms with Gasteiger partial charge in [0.05, 0.1) is 26.4 Å². The number of hydrogen-bond acceptors (Lipinski definition) is 15. The van der Waals surface area contributed by atoms with E-state index in [1.807, 2.05) is 0 Å². The van der Waals surface area contributed by atoms with Crippen molar-refractivity contribution < 1.29 is 80.2 Å². The average Bonchev–Trinajstić information content (AvgIpc) is 3.71. The maximum absolute atomic E-state index is 13.0. The average molecular weight is 1340 g/mol. The number of aliphatic hydroxyl groups is 1. The molecule has 19 heteroatoms. The summed E-state index contributed by atoms with van der Waals surface area (Å²) in [4.78, 5) is 72.6. The first-order valence-electron chi connectivity index (χ1n) is 37.2. The second-order valence-electron chi connectivity index (χ2n) is 27.6. The van der Waals surface area contributed by atoms with Crippen molar-refractivity contribution in [1.29, 1.82) is 0 Å². The zero-order valence-electron chi connectivity index (χ0n) is 59.5. The molecule has 0 saturated carbocycles. The number of hydrogen-bond donors (Lipinski definition) is 3. The van der Waals surface area contributed by atoms with Gasteiger partial charge in [-0.3, -0.25) is 37.3 Å². The van der Waals surface area contributed by atoms with Crippen molar-refractivity contribution in [2.24, 2.45) is 23.7 Å². The van der Waals surface area contributed by atoms with Crippen LogP contribution in [0.4, 0.5) is 0 Å². The Morgan fingerprint density at radius 1 is 0.308 bits per heavy atom. The highest BCUT2D eigenvalue weighted by Gasteiger charge is 2.30. The zero-order chi connectivity index (χ0) is 67.5. The first-order valence-corrected chi connectivity index (χ1v) is 40.2. The summed E-state index contributed by atoms with van der Waals surface area (Å²) in [6.07, 6.45) is 44.6. The summed E-state index contributed by atoms with van der Waals surface area (Å²) in [7, 11) is -9.90. The van der Waals surface area contributed by atoms with E-state index in [1.54, 1.807) is 0 Å². The molecule has 0 saturated heterocycles. The Morgan fingerprint density at radius 2 is 0.527 bits per heavy atom. The highest BCUT2D eigenvalue weighted by atomic mass is 31.2. The van der Waals surface area contributed by atoms with E-state index < -0.39 is 97.5 Å². The number of unbranched alkanes of at least 4 members (excludes halogenated alkanes) is 34. The van der Waals surface area contributed by atoms with Gasteiger partial charge in [0.1, 0.15) is 19.3 Å². The molecule has 91 heavy (non-hydrogen) atoms. The Morgan fingerprint density at radius 3 is 0.780 bits per heavy atom. The van der Waals surface area contributed by atoms with Crippen molar-refractivity contribution in [1.82, 2.24) is 0 Å². The number of rotatable bonds is 69. The monoisotopic (exact) mass is 1340 g/mol. The summed E-state index contributed by atoms with van der Waals surface area (Å²) in [6.45, 7) is 14.1. The number of carbonyl (C=O) groups is 4. The summed E-state index contributed by atoms with van der Waals surface area (Å²) in [5, 5.41) is 10.6. The van der Waals surface area contributed by atoms with E-state index in [4.69, 9.17) is 37.0 Å². The van der Waals surface area contributed by atoms with Crippen LogP contribution in [0.5, 0.6) is 0 Å². The van der Waals surface area contributed by atoms with Crippen LogP contribution in [0.2, 0.25) is 0 Å². The van der Waals surface area contributed by atoms with Crippen molar-refractivity contribution in [3.8, 4) is 0 Å². The van der Waals surface area contributed by atoms with Gasteiger partial charge in [-0.1, -0.05) is 306 Å². The van der Waals surface area contributed by atoms with E-state index >= 15 is 0 Å². The van der Waals surface area contributed by atoms with Gasteiger partial charge in [0.25, 0.3) is 0 Å². The molecule has 0 bridgehead atoms. The van der Waals surface area contributed by atoms with Crippen molar-refractivity contribution >= 4 is 39.5 Å². The molecule has 0 fully saturated rings. The molecule has 4 unspecified atom stereocenters. The highest BCUT2D eigenvalue weighted by Crippen LogP contribution is 2.45. The molecule has 0 aromatic rings. The van der Waals surface area contributed by atoms with E-state index in [2.05, 4.69) is 55.4 Å². The minimum atomic E-state index is -4.95. The molecule has 17 nitrogen and oxygen atoms in total. The topological polar surface area (TPSA) is 237 Å². The van der Waals surface area contributed by atoms with Gasteiger partial charge in [-0.05, 0) is 49.4 Å². The molecule has 0 aliphatic heterocycles. The summed E-state index contributed by atoms with van der Waals surface area (Å²) < 4.78 is 68.3. The number of esters is 4. The predicted molar refractivity (Wildman–Crippen MR) is 367 cm³/mol. The summed E-state index contributed by atoms with van der Waals surface area (Å²) in [5.74, 6) is 0.879. The molecule has 3 N–H and O–H groups in total. The molecule has 0 aromatic carbocycles. The number of ether oxygens (including phenoxy) is 4. The van der Waals surface area contributed by atoms with Gasteiger partial charge >= 0.3 is 39.5 Å². The van der Waals surface area contributed by atoms with Gasteiger partial charge in [-0.15, -0.1) is 0 Å². The lowest BCUT2D eigenvalue weighted by Gasteiger charge is -2.21. The van der Waals surface area contributed by atoms with Crippen LogP contribution in [-0.2, 0) is 65.4 Å². The molecule has 0 aromatic heterocycles. The molecular weight excluding hydrogens is 1200 g/mol. The molecule has 0 heterocycles. The molecule has 6 atom stereocenters. The summed E-state index contributed by atoms with van der Waals surface area (Å²) >= 11 is 0. The van der Waals surface area contributed by atoms with Crippen LogP contribution in [-0.4, -0.2) is 96.7 Å². The molecule has 0 aliphatic carbocycles. The van der Waals surface area contributed by atoms with Crippen molar-refractivity contribution in [2.45, 2.75) is 375 Å². The minimum absolute atomic E-state index is 0.103. The highest BCUT2D eigenvalue weighted by molar-refractivity contribution is 7.47. The fourth-order valence-corrected chi connectivity index (χ4v) is 12.4. The van der Waals surface area contributed by atoms with Gasteiger partial charge in [-0.2, -0.15) is 0 Å². The van der Waals surface area contributed by atoms with Gasteiger partial charge < -0.3 is 33.8 Å². The van der Waals surface area contributed by atoms with E-state index in [0.717, 1.165) is 108 Å². The Kier molecular flexibility index (Phi) is 60.3. The standard InChI is InChI=1S/C72H140O17P2/c1-9-65(8)51-43-35-27-18-14-12-10-11-13-15-19-28-36-44-52-69(74)82-59-68(89-72(77)55-47-39-31-23-26-34-42-50-64(6)7)61-87-91(80,81)85-57-66(73)56-84-90(78,79)86-60-67(58-83-70(75)53-45-37-29-22-21-25-33-41-49-63(4)5)88-71(76)54-46-38-30-20-16-17-24-32-40-48-62(2)3/h62-68,73H,9-61H2,1-8H3,(H,78,79)(H,80,81)/t65?,66?,67-,68-/m1/s1. The molecule has 0 aliphatic rings. The molecule has 0 radical (unpaired) electrons. The van der Waals surface area contributed by atoms with Crippen LogP contribution in [0.3, 0.4) is 0 Å². The van der Waals surface area contributed by atoms with Crippen molar-refractivity contribution in [3.05, 3.63) is 0 Å². The number of phosphoric ester groups is 2. The number of phosphoric acid groups is 2. The van der Waals surface area contributed by atoms with E-state index in [1.165, 1.54) is 161 Å². The molecule has 0 amide bonds. The maximum Gasteiger partial charge on any atom is 0.472 e. The van der Waals surface area contributed by atoms with E-state index in [-0.39, 0.29) is 25.7 Å². The predicted octanol–water partition coefficient (Wildman–Crippen LogP) is 20.5. The number of carbonyl (C=O) groups excluding carboxylic acids is 4. The Hall–Kier alpha value is -1.94. The van der Waals surface area contributed by atoms with Gasteiger partial charge in [0.15, 0.2) is 12.2 Å². The molecular formula is C72H140O17P2. The Bertz CT molecular complexity index is 1800. The lowest BCUT2D eigenvalue weighted by molar-refractivity contribution is -0.161. The van der Waals surface area contributed by atoms with E-state index in [9.17, 15) is 43.2 Å². The Balaban J connectivity index is 5.20. The SMILES string of the molecule is CCC(C)CCCCCCCCCCCCCCCCC(=O)OC[C@H](COP(=O)(O)OCC(O)COP(=O)(O)OC[C@@H](COC(=O)CCCCCCCCCCC(C)C)OC(=O)CCCCCCCCCCCC(C)C)OC(=O)CCCCCCCCCC(C)C. The zero-order valence-corrected chi connectivity index (χ0v) is 61.3. The van der Waals surface area contributed by atoms with Gasteiger partial charge in [0, 0.05) is 25.7 Å². The van der Waals surface area contributed by atoms with Crippen LogP contribution in [0.1, 0.15) is 357 Å². The van der Waals surface area contributed by atoms with Crippen LogP contribution in [0.15, 0.2) is 0 Å². The fraction of sp³-hybridized carbons (Fsp3) is 0.944. The Labute approximate surface area is 556 Å². The second kappa shape index (κ2) is 61.6. The largest absolute Gasteiger partial charge is 0.472 e. The third kappa shape index (κ3) is 65.1. The van der Waals surface area contributed by atoms with E-state index in [0.29, 0.717) is 31.6 Å². The smallest absolute Gasteiger partial charge is 0.462 e. The molecule has 540 valence electrons. The second-order valence-corrected chi connectivity index (χ2v) is 30.6. The van der Waals surface area contributed by atoms with Crippen LogP contribution in [0.25, 0.3) is 0 Å². The fourth-order valence-electron chi connectivity index (χ4n) is 10.8. The van der Waals surface area contributed by atoms with Crippen LogP contribution < -0.4 is 0 Å². The molecule has 0 rings (SSSR count).